The van der Waals surface area contributed by atoms with E-state index in [0.717, 1.165) is 16.7 Å². The fraction of sp³-hybridized carbons (Fsp3) is 0.158. The van der Waals surface area contributed by atoms with E-state index in [0.29, 0.717) is 35.6 Å². The monoisotopic (exact) mass is 339 g/mol. The molecule has 2 aromatic carbocycles. The second kappa shape index (κ2) is 5.73. The van der Waals surface area contributed by atoms with Gasteiger partial charge in [-0.3, -0.25) is 9.59 Å². The molecule has 2 aliphatic rings. The van der Waals surface area contributed by atoms with Gasteiger partial charge >= 0.3 is 5.97 Å². The Labute approximate surface area is 142 Å². The van der Waals surface area contributed by atoms with Crippen molar-refractivity contribution in [1.82, 2.24) is 0 Å². The number of benzene rings is 2. The molecule has 0 atom stereocenters. The molecule has 0 aliphatic carbocycles. The SMILES string of the molecule is O=C(O)CCc1ccc2c(c1)COC2=C1C(=O)Nc2ccc(F)cc21. The van der Waals surface area contributed by atoms with Crippen LogP contribution in [-0.2, 0) is 27.4 Å². The van der Waals surface area contributed by atoms with Crippen molar-refractivity contribution in [2.24, 2.45) is 0 Å². The van der Waals surface area contributed by atoms with Crippen LogP contribution in [0.3, 0.4) is 0 Å². The smallest absolute Gasteiger partial charge is 0.303 e. The molecule has 0 spiro atoms. The van der Waals surface area contributed by atoms with Gasteiger partial charge in [0.05, 0.1) is 5.57 Å². The highest BCUT2D eigenvalue weighted by molar-refractivity contribution is 6.36. The summed E-state index contributed by atoms with van der Waals surface area (Å²) < 4.78 is 19.3. The number of ether oxygens (including phenoxy) is 1. The van der Waals surface area contributed by atoms with Gasteiger partial charge in [-0.2, -0.15) is 0 Å². The van der Waals surface area contributed by atoms with Crippen LogP contribution in [0.2, 0.25) is 0 Å². The van der Waals surface area contributed by atoms with Crippen LogP contribution in [0.25, 0.3) is 11.3 Å². The van der Waals surface area contributed by atoms with Gasteiger partial charge in [0, 0.05) is 28.8 Å². The van der Waals surface area contributed by atoms with Gasteiger partial charge in [0.25, 0.3) is 5.91 Å². The molecule has 0 radical (unpaired) electrons. The molecule has 5 nitrogen and oxygen atoms in total. The lowest BCUT2D eigenvalue weighted by Crippen LogP contribution is -2.05. The van der Waals surface area contributed by atoms with Gasteiger partial charge in [0.15, 0.2) is 0 Å². The maximum atomic E-state index is 13.6. The zero-order valence-corrected chi connectivity index (χ0v) is 13.1. The molecule has 6 heteroatoms. The number of halogens is 1. The third kappa shape index (κ3) is 2.65. The lowest BCUT2D eigenvalue weighted by atomic mass is 9.98. The fourth-order valence-corrected chi connectivity index (χ4v) is 3.19. The Kier molecular flexibility index (Phi) is 3.53. The third-order valence-corrected chi connectivity index (χ3v) is 4.37. The Morgan fingerprint density at radius 1 is 1.20 bits per heavy atom. The largest absolute Gasteiger partial charge is 0.487 e. The van der Waals surface area contributed by atoms with Gasteiger partial charge in [0.2, 0.25) is 0 Å². The number of carbonyl (C=O) groups excluding carboxylic acids is 1. The maximum absolute atomic E-state index is 13.6. The Balaban J connectivity index is 1.76. The molecule has 0 saturated carbocycles. The number of carboxylic acid groups (broad SMARTS) is 1. The van der Waals surface area contributed by atoms with E-state index in [4.69, 9.17) is 9.84 Å². The summed E-state index contributed by atoms with van der Waals surface area (Å²) in [6.07, 6.45) is 0.492. The van der Waals surface area contributed by atoms with Gasteiger partial charge in [-0.05, 0) is 30.2 Å². The van der Waals surface area contributed by atoms with E-state index in [9.17, 15) is 14.0 Å². The molecule has 126 valence electrons. The van der Waals surface area contributed by atoms with Crippen molar-refractivity contribution in [3.8, 4) is 0 Å². The lowest BCUT2D eigenvalue weighted by molar-refractivity contribution is -0.137. The highest BCUT2D eigenvalue weighted by Crippen LogP contribution is 2.41. The first-order valence-electron chi connectivity index (χ1n) is 7.85. The average Bonchev–Trinajstić information content (AvgIpc) is 3.12. The van der Waals surface area contributed by atoms with E-state index in [1.54, 1.807) is 0 Å². The zero-order valence-electron chi connectivity index (χ0n) is 13.1. The first-order valence-corrected chi connectivity index (χ1v) is 7.85. The number of fused-ring (bicyclic) bond motifs is 2. The standard InChI is InChI=1S/C19H14FNO4/c20-12-3-5-15-14(8-12)17(19(24)21-15)18-13-4-1-10(2-6-16(22)23)7-11(13)9-25-18/h1,3-5,7-8H,2,6,9H2,(H,21,24)(H,22,23). The zero-order chi connectivity index (χ0) is 17.6. The van der Waals surface area contributed by atoms with E-state index < -0.39 is 11.8 Å². The number of rotatable bonds is 3. The summed E-state index contributed by atoms with van der Waals surface area (Å²) in [5.41, 5.74) is 3.95. The molecule has 0 aromatic heterocycles. The lowest BCUT2D eigenvalue weighted by Gasteiger charge is -2.06. The van der Waals surface area contributed by atoms with Crippen molar-refractivity contribution >= 4 is 28.9 Å². The van der Waals surface area contributed by atoms with Crippen LogP contribution in [-0.4, -0.2) is 17.0 Å². The van der Waals surface area contributed by atoms with Crippen molar-refractivity contribution in [2.45, 2.75) is 19.4 Å². The third-order valence-electron chi connectivity index (χ3n) is 4.37. The van der Waals surface area contributed by atoms with E-state index in [1.807, 2.05) is 18.2 Å². The van der Waals surface area contributed by atoms with E-state index in [-0.39, 0.29) is 12.3 Å². The molecule has 25 heavy (non-hydrogen) atoms. The number of carbonyl (C=O) groups is 2. The summed E-state index contributed by atoms with van der Waals surface area (Å²) >= 11 is 0. The number of nitrogens with one attached hydrogen (secondary N) is 1. The maximum Gasteiger partial charge on any atom is 0.303 e. The van der Waals surface area contributed by atoms with Crippen molar-refractivity contribution in [2.75, 3.05) is 5.32 Å². The van der Waals surface area contributed by atoms with Gasteiger partial charge in [-0.1, -0.05) is 18.2 Å². The first kappa shape index (κ1) is 15.4. The van der Waals surface area contributed by atoms with Crippen molar-refractivity contribution in [3.05, 3.63) is 64.5 Å². The van der Waals surface area contributed by atoms with Crippen LogP contribution in [0.5, 0.6) is 0 Å². The number of hydrogen-bond donors (Lipinski definition) is 2. The molecular formula is C19H14FNO4. The quantitative estimate of drug-likeness (QED) is 0.842. The Hall–Kier alpha value is -3.15. The molecule has 0 saturated heterocycles. The second-order valence-corrected chi connectivity index (χ2v) is 6.02. The van der Waals surface area contributed by atoms with Crippen molar-refractivity contribution in [1.29, 1.82) is 0 Å². The Morgan fingerprint density at radius 2 is 2.04 bits per heavy atom. The summed E-state index contributed by atoms with van der Waals surface area (Å²) in [6, 6.07) is 9.69. The molecule has 2 aromatic rings. The molecule has 2 aliphatic heterocycles. The van der Waals surface area contributed by atoms with Crippen LogP contribution >= 0.6 is 0 Å². The van der Waals surface area contributed by atoms with Gasteiger partial charge < -0.3 is 15.2 Å². The summed E-state index contributed by atoms with van der Waals surface area (Å²) in [6.45, 7) is 0.299. The number of aliphatic carboxylic acids is 1. The second-order valence-electron chi connectivity index (χ2n) is 6.02. The molecule has 4 rings (SSSR count). The van der Waals surface area contributed by atoms with Crippen molar-refractivity contribution in [3.63, 3.8) is 0 Å². The predicted molar refractivity (Wildman–Crippen MR) is 89.0 cm³/mol. The molecular weight excluding hydrogens is 325 g/mol. The van der Waals surface area contributed by atoms with Gasteiger partial charge in [-0.15, -0.1) is 0 Å². The number of aryl methyl sites for hydroxylation is 1. The van der Waals surface area contributed by atoms with E-state index >= 15 is 0 Å². The molecule has 2 heterocycles. The molecule has 0 fully saturated rings. The van der Waals surface area contributed by atoms with Crippen LogP contribution < -0.4 is 5.32 Å². The molecule has 1 amide bonds. The topological polar surface area (TPSA) is 75.6 Å². The summed E-state index contributed by atoms with van der Waals surface area (Å²) in [7, 11) is 0. The minimum absolute atomic E-state index is 0.0582. The molecule has 0 unspecified atom stereocenters. The predicted octanol–water partition coefficient (Wildman–Crippen LogP) is 3.19. The fourth-order valence-electron chi connectivity index (χ4n) is 3.19. The minimum Gasteiger partial charge on any atom is -0.487 e. The number of amides is 1. The van der Waals surface area contributed by atoms with Gasteiger partial charge in [0.1, 0.15) is 18.2 Å². The highest BCUT2D eigenvalue weighted by Gasteiger charge is 2.32. The van der Waals surface area contributed by atoms with Crippen molar-refractivity contribution < 1.29 is 23.8 Å². The van der Waals surface area contributed by atoms with E-state index in [2.05, 4.69) is 5.32 Å². The van der Waals surface area contributed by atoms with Gasteiger partial charge in [-0.25, -0.2) is 4.39 Å². The van der Waals surface area contributed by atoms with E-state index in [1.165, 1.54) is 18.2 Å². The number of anilines is 1. The Bertz CT molecular complexity index is 948. The highest BCUT2D eigenvalue weighted by atomic mass is 19.1. The number of hydrogen-bond acceptors (Lipinski definition) is 3. The average molecular weight is 339 g/mol. The normalized spacial score (nSPS) is 17.7. The first-order chi connectivity index (χ1) is 12.0. The Morgan fingerprint density at radius 3 is 2.84 bits per heavy atom. The van der Waals surface area contributed by atoms with Crippen LogP contribution in [0, 0.1) is 5.82 Å². The molecule has 2 N–H and O–H groups in total. The summed E-state index contributed by atoms with van der Waals surface area (Å²) in [4.78, 5) is 23.1. The number of carboxylic acids is 1. The van der Waals surface area contributed by atoms with Crippen LogP contribution in [0.15, 0.2) is 36.4 Å². The minimum atomic E-state index is -0.846. The summed E-state index contributed by atoms with van der Waals surface area (Å²) in [5.74, 6) is -1.16. The molecule has 0 bridgehead atoms. The van der Waals surface area contributed by atoms with Crippen LogP contribution in [0.4, 0.5) is 10.1 Å². The van der Waals surface area contributed by atoms with Crippen LogP contribution in [0.1, 0.15) is 28.7 Å². The summed E-state index contributed by atoms with van der Waals surface area (Å²) in [5, 5.41) is 11.5.